The summed E-state index contributed by atoms with van der Waals surface area (Å²) in [7, 11) is 0. The van der Waals surface area contributed by atoms with Crippen LogP contribution in [-0.2, 0) is 17.9 Å². The average Bonchev–Trinajstić information content (AvgIpc) is 2.98. The van der Waals surface area contributed by atoms with Crippen molar-refractivity contribution in [3.63, 3.8) is 0 Å². The highest BCUT2D eigenvalue weighted by atomic mass is 16.5. The Morgan fingerprint density at radius 3 is 3.14 bits per heavy atom. The third kappa shape index (κ3) is 2.32. The van der Waals surface area contributed by atoms with Crippen molar-refractivity contribution in [3.8, 4) is 0 Å². The largest absolute Gasteiger partial charge is 0.370 e. The topological polar surface area (TPSA) is 69.0 Å². The van der Waals surface area contributed by atoms with Crippen LogP contribution in [0.2, 0.25) is 0 Å². The van der Waals surface area contributed by atoms with Crippen LogP contribution in [0.25, 0.3) is 0 Å². The first-order valence-corrected chi connectivity index (χ1v) is 7.31. The van der Waals surface area contributed by atoms with Crippen LogP contribution in [0.3, 0.4) is 0 Å². The third-order valence-electron chi connectivity index (χ3n) is 4.37. The van der Waals surface area contributed by atoms with Gasteiger partial charge in [0.05, 0.1) is 42.0 Å². The van der Waals surface area contributed by atoms with Gasteiger partial charge in [-0.3, -0.25) is 14.9 Å². The normalized spacial score (nSPS) is 25.4. The molecule has 0 spiro atoms. The number of ether oxygens (including phenoxy) is 1. The van der Waals surface area contributed by atoms with Crippen molar-refractivity contribution in [1.82, 2.24) is 29.9 Å². The fraction of sp³-hybridized carbons (Fsp3) is 0.571. The van der Waals surface area contributed by atoms with Gasteiger partial charge in [0.1, 0.15) is 0 Å². The van der Waals surface area contributed by atoms with E-state index in [2.05, 4.69) is 25.2 Å². The van der Waals surface area contributed by atoms with Gasteiger partial charge in [0.2, 0.25) is 0 Å². The second kappa shape index (κ2) is 5.16. The molecule has 2 aliphatic heterocycles. The second-order valence-electron chi connectivity index (χ2n) is 5.70. The zero-order valence-electron chi connectivity index (χ0n) is 12.0. The number of hydrogen-bond acceptors (Lipinski definition) is 6. The molecule has 0 saturated carbocycles. The van der Waals surface area contributed by atoms with Gasteiger partial charge < -0.3 is 4.74 Å². The number of rotatable bonds is 2. The smallest absolute Gasteiger partial charge is 0.0930 e. The molecule has 7 heteroatoms. The highest BCUT2D eigenvalue weighted by Crippen LogP contribution is 2.30. The van der Waals surface area contributed by atoms with Crippen molar-refractivity contribution in [2.24, 2.45) is 0 Å². The van der Waals surface area contributed by atoms with Crippen molar-refractivity contribution < 1.29 is 4.74 Å². The van der Waals surface area contributed by atoms with Gasteiger partial charge in [-0.05, 0) is 13.3 Å². The predicted octanol–water partition coefficient (Wildman–Crippen LogP) is 0.722. The summed E-state index contributed by atoms with van der Waals surface area (Å²) in [5.41, 5.74) is 3.11. The molecule has 1 fully saturated rings. The first-order chi connectivity index (χ1) is 10.3. The Morgan fingerprint density at radius 2 is 2.24 bits per heavy atom. The molecule has 0 radical (unpaired) electrons. The van der Waals surface area contributed by atoms with Crippen molar-refractivity contribution in [2.75, 3.05) is 13.1 Å². The maximum absolute atomic E-state index is 5.93. The Hall–Kier alpha value is -1.86. The quantitative estimate of drug-likeness (QED) is 0.810. The summed E-state index contributed by atoms with van der Waals surface area (Å²) in [4.78, 5) is 11.2. The molecule has 0 aromatic carbocycles. The molecule has 1 saturated heterocycles. The molecule has 2 aromatic rings. The standard InChI is InChI=1S/C14H18N6O/c1-10-12(16-4-3-15-10)7-19-5-2-14-13(8-19)20-11(9-21-14)6-17-18-20/h3-4,6,13-14H,2,5,7-9H2,1H3/t13-,14+/m0/s1. The van der Waals surface area contributed by atoms with E-state index < -0.39 is 0 Å². The van der Waals surface area contributed by atoms with Crippen LogP contribution >= 0.6 is 0 Å². The van der Waals surface area contributed by atoms with Crippen LogP contribution in [0.4, 0.5) is 0 Å². The van der Waals surface area contributed by atoms with Crippen LogP contribution < -0.4 is 0 Å². The van der Waals surface area contributed by atoms with Gasteiger partial charge in [-0.1, -0.05) is 5.21 Å². The molecule has 0 bridgehead atoms. The number of fused-ring (bicyclic) bond motifs is 3. The molecule has 2 aliphatic rings. The number of aryl methyl sites for hydroxylation is 1. The van der Waals surface area contributed by atoms with Gasteiger partial charge in [-0.15, -0.1) is 5.10 Å². The summed E-state index contributed by atoms with van der Waals surface area (Å²) < 4.78 is 7.97. The average molecular weight is 286 g/mol. The summed E-state index contributed by atoms with van der Waals surface area (Å²) in [6.07, 6.45) is 6.56. The van der Waals surface area contributed by atoms with E-state index in [4.69, 9.17) is 4.74 Å². The van der Waals surface area contributed by atoms with E-state index in [-0.39, 0.29) is 12.1 Å². The fourth-order valence-corrected chi connectivity index (χ4v) is 3.19. The highest BCUT2D eigenvalue weighted by Gasteiger charge is 2.36. The number of aromatic nitrogens is 5. The summed E-state index contributed by atoms with van der Waals surface area (Å²) in [5, 5.41) is 8.24. The SMILES string of the molecule is Cc1nccnc1CN1CC[C@H]2OCc3cnnn3[C@H]2C1. The van der Waals surface area contributed by atoms with Crippen LogP contribution in [0.1, 0.15) is 29.5 Å². The maximum Gasteiger partial charge on any atom is 0.0930 e. The number of nitrogens with zero attached hydrogens (tertiary/aromatic N) is 6. The molecular formula is C14H18N6O. The Bertz CT molecular complexity index is 642. The minimum atomic E-state index is 0.249. The summed E-state index contributed by atoms with van der Waals surface area (Å²) in [6, 6.07) is 0.252. The molecule has 7 nitrogen and oxygen atoms in total. The third-order valence-corrected chi connectivity index (χ3v) is 4.37. The summed E-state index contributed by atoms with van der Waals surface area (Å²) in [6.45, 7) is 5.39. The summed E-state index contributed by atoms with van der Waals surface area (Å²) in [5.74, 6) is 0. The Morgan fingerprint density at radius 1 is 1.33 bits per heavy atom. The van der Waals surface area contributed by atoms with E-state index in [0.29, 0.717) is 6.61 Å². The maximum atomic E-state index is 5.93. The van der Waals surface area contributed by atoms with Crippen molar-refractivity contribution in [2.45, 2.75) is 38.6 Å². The molecule has 0 unspecified atom stereocenters. The molecule has 0 aliphatic carbocycles. The molecule has 2 atom stereocenters. The first kappa shape index (κ1) is 12.8. The van der Waals surface area contributed by atoms with Gasteiger partial charge in [0, 0.05) is 32.0 Å². The van der Waals surface area contributed by atoms with E-state index in [1.807, 2.05) is 11.6 Å². The fourth-order valence-electron chi connectivity index (χ4n) is 3.19. The van der Waals surface area contributed by atoms with Gasteiger partial charge >= 0.3 is 0 Å². The lowest BCUT2D eigenvalue weighted by molar-refractivity contribution is -0.0671. The van der Waals surface area contributed by atoms with Crippen molar-refractivity contribution in [1.29, 1.82) is 0 Å². The van der Waals surface area contributed by atoms with Crippen molar-refractivity contribution >= 4 is 0 Å². The highest BCUT2D eigenvalue weighted by molar-refractivity contribution is 5.09. The molecule has 21 heavy (non-hydrogen) atoms. The minimum Gasteiger partial charge on any atom is -0.370 e. The minimum absolute atomic E-state index is 0.249. The number of hydrogen-bond donors (Lipinski definition) is 0. The molecule has 0 amide bonds. The molecule has 4 heterocycles. The van der Waals surface area contributed by atoms with Crippen LogP contribution in [-0.4, -0.2) is 49.1 Å². The van der Waals surface area contributed by atoms with E-state index in [1.165, 1.54) is 0 Å². The monoisotopic (exact) mass is 286 g/mol. The molecule has 4 rings (SSSR count). The predicted molar refractivity (Wildman–Crippen MR) is 74.3 cm³/mol. The second-order valence-corrected chi connectivity index (χ2v) is 5.70. The molecular weight excluding hydrogens is 268 g/mol. The molecule has 110 valence electrons. The molecule has 2 aromatic heterocycles. The lowest BCUT2D eigenvalue weighted by Gasteiger charge is -2.40. The van der Waals surface area contributed by atoms with Gasteiger partial charge in [0.15, 0.2) is 0 Å². The molecule has 0 N–H and O–H groups in total. The van der Waals surface area contributed by atoms with E-state index in [0.717, 1.165) is 43.1 Å². The van der Waals surface area contributed by atoms with Crippen LogP contribution in [0.15, 0.2) is 18.6 Å². The van der Waals surface area contributed by atoms with Gasteiger partial charge in [0.25, 0.3) is 0 Å². The Kier molecular flexibility index (Phi) is 3.16. The zero-order valence-corrected chi connectivity index (χ0v) is 12.0. The van der Waals surface area contributed by atoms with E-state index in [1.54, 1.807) is 18.6 Å². The van der Waals surface area contributed by atoms with E-state index in [9.17, 15) is 0 Å². The van der Waals surface area contributed by atoms with Crippen LogP contribution in [0, 0.1) is 6.92 Å². The summed E-state index contributed by atoms with van der Waals surface area (Å²) >= 11 is 0. The lowest BCUT2D eigenvalue weighted by Crippen LogP contribution is -2.47. The van der Waals surface area contributed by atoms with Gasteiger partial charge in [-0.2, -0.15) is 0 Å². The van der Waals surface area contributed by atoms with Crippen LogP contribution in [0.5, 0.6) is 0 Å². The number of likely N-dealkylation sites (tertiary alicyclic amines) is 1. The van der Waals surface area contributed by atoms with Gasteiger partial charge in [-0.25, -0.2) is 4.68 Å². The van der Waals surface area contributed by atoms with E-state index >= 15 is 0 Å². The number of piperidine rings is 1. The van der Waals surface area contributed by atoms with Crippen molar-refractivity contribution in [3.05, 3.63) is 35.7 Å². The first-order valence-electron chi connectivity index (χ1n) is 7.31. The Labute approximate surface area is 123 Å². The zero-order chi connectivity index (χ0) is 14.2. The lowest BCUT2D eigenvalue weighted by atomic mass is 10.00. The Balaban J connectivity index is 1.52.